The zero-order valence-corrected chi connectivity index (χ0v) is 13.9. The molecule has 2 aromatic rings. The summed E-state index contributed by atoms with van der Waals surface area (Å²) < 4.78 is 10.6. The van der Waals surface area contributed by atoms with Crippen molar-refractivity contribution < 1.29 is 14.3 Å². The Balaban J connectivity index is 2.24. The Hall–Kier alpha value is -2.75. The van der Waals surface area contributed by atoms with Gasteiger partial charge in [-0.1, -0.05) is 6.07 Å². The highest BCUT2D eigenvalue weighted by molar-refractivity contribution is 6.07. The highest BCUT2D eigenvalue weighted by atomic mass is 16.5. The van der Waals surface area contributed by atoms with E-state index in [1.807, 2.05) is 61.5 Å². The van der Waals surface area contributed by atoms with Gasteiger partial charge < -0.3 is 14.4 Å². The Bertz CT molecular complexity index is 681. The molecule has 2 rings (SSSR count). The van der Waals surface area contributed by atoms with Crippen LogP contribution in [-0.2, 0) is 0 Å². The minimum absolute atomic E-state index is 0.0664. The highest BCUT2D eigenvalue weighted by Crippen LogP contribution is 2.29. The molecule has 4 nitrogen and oxygen atoms in total. The van der Waals surface area contributed by atoms with Gasteiger partial charge in [-0.2, -0.15) is 0 Å². The molecule has 0 saturated carbocycles. The Kier molecular flexibility index (Phi) is 5.41. The molecule has 0 fully saturated rings. The largest absolute Gasteiger partial charge is 0.496 e. The average molecular weight is 311 g/mol. The van der Waals surface area contributed by atoms with Crippen molar-refractivity contribution in [1.29, 1.82) is 0 Å². The topological polar surface area (TPSA) is 38.8 Å². The number of benzene rings is 2. The van der Waals surface area contributed by atoms with Crippen LogP contribution >= 0.6 is 0 Å². The van der Waals surface area contributed by atoms with Gasteiger partial charge in [0.25, 0.3) is 0 Å². The number of nitrogens with zero attached hydrogens (tertiary/aromatic N) is 1. The first-order valence-electron chi connectivity index (χ1n) is 7.27. The maximum Gasteiger partial charge on any atom is 0.185 e. The molecule has 0 heterocycles. The van der Waals surface area contributed by atoms with Crippen molar-refractivity contribution in [2.45, 2.75) is 0 Å². The van der Waals surface area contributed by atoms with Crippen molar-refractivity contribution in [3.8, 4) is 11.5 Å². The van der Waals surface area contributed by atoms with Gasteiger partial charge in [-0.25, -0.2) is 0 Å². The molecule has 0 unspecified atom stereocenters. The van der Waals surface area contributed by atoms with Crippen LogP contribution in [0.5, 0.6) is 11.5 Å². The smallest absolute Gasteiger partial charge is 0.185 e. The Morgan fingerprint density at radius 1 is 0.957 bits per heavy atom. The second-order valence-corrected chi connectivity index (χ2v) is 5.22. The van der Waals surface area contributed by atoms with Crippen molar-refractivity contribution in [3.05, 3.63) is 59.7 Å². The molecular formula is C19H21NO3. The van der Waals surface area contributed by atoms with Gasteiger partial charge in [0.05, 0.1) is 19.8 Å². The Labute approximate surface area is 137 Å². The van der Waals surface area contributed by atoms with Gasteiger partial charge in [-0.05, 0) is 48.6 Å². The fraction of sp³-hybridized carbons (Fsp3) is 0.211. The van der Waals surface area contributed by atoms with Crippen molar-refractivity contribution in [2.24, 2.45) is 0 Å². The average Bonchev–Trinajstić information content (AvgIpc) is 2.59. The summed E-state index contributed by atoms with van der Waals surface area (Å²) in [5.41, 5.74) is 2.44. The number of anilines is 1. The van der Waals surface area contributed by atoms with Gasteiger partial charge in [-0.3, -0.25) is 4.79 Å². The molecule has 0 radical (unpaired) electrons. The lowest BCUT2D eigenvalue weighted by atomic mass is 10.1. The second kappa shape index (κ2) is 7.49. The van der Waals surface area contributed by atoms with E-state index in [1.54, 1.807) is 20.3 Å². The zero-order valence-electron chi connectivity index (χ0n) is 13.9. The van der Waals surface area contributed by atoms with Crippen molar-refractivity contribution in [1.82, 2.24) is 0 Å². The first-order valence-corrected chi connectivity index (χ1v) is 7.27. The summed E-state index contributed by atoms with van der Waals surface area (Å²) in [5, 5.41) is 0. The molecule has 23 heavy (non-hydrogen) atoms. The first kappa shape index (κ1) is 16.6. The molecule has 0 aliphatic rings. The molecule has 0 N–H and O–H groups in total. The lowest BCUT2D eigenvalue weighted by Gasteiger charge is -2.12. The maximum absolute atomic E-state index is 12.3. The third kappa shape index (κ3) is 3.92. The van der Waals surface area contributed by atoms with E-state index >= 15 is 0 Å². The molecule has 0 aliphatic carbocycles. The van der Waals surface area contributed by atoms with E-state index in [2.05, 4.69) is 0 Å². The highest BCUT2D eigenvalue weighted by Gasteiger charge is 2.08. The van der Waals surface area contributed by atoms with Gasteiger partial charge in [0.2, 0.25) is 0 Å². The molecule has 0 bridgehead atoms. The number of carbonyl (C=O) groups is 1. The number of rotatable bonds is 6. The Morgan fingerprint density at radius 2 is 1.52 bits per heavy atom. The van der Waals surface area contributed by atoms with E-state index in [-0.39, 0.29) is 5.78 Å². The molecule has 0 spiro atoms. The minimum Gasteiger partial charge on any atom is -0.496 e. The van der Waals surface area contributed by atoms with Gasteiger partial charge in [0.15, 0.2) is 5.78 Å². The number of ether oxygens (including phenoxy) is 2. The van der Waals surface area contributed by atoms with E-state index in [0.717, 1.165) is 11.3 Å². The molecule has 2 aromatic carbocycles. The Morgan fingerprint density at radius 3 is 2.00 bits per heavy atom. The van der Waals surface area contributed by atoms with Crippen molar-refractivity contribution in [3.63, 3.8) is 0 Å². The van der Waals surface area contributed by atoms with Gasteiger partial charge in [0, 0.05) is 25.3 Å². The molecule has 0 atom stereocenters. The molecule has 120 valence electrons. The van der Waals surface area contributed by atoms with E-state index in [1.165, 1.54) is 6.08 Å². The second-order valence-electron chi connectivity index (χ2n) is 5.22. The van der Waals surface area contributed by atoms with Crippen LogP contribution in [0.4, 0.5) is 5.69 Å². The fourth-order valence-corrected chi connectivity index (χ4v) is 2.22. The minimum atomic E-state index is -0.0664. The first-order chi connectivity index (χ1) is 11.1. The van der Waals surface area contributed by atoms with E-state index < -0.39 is 0 Å². The predicted molar refractivity (Wildman–Crippen MR) is 93.7 cm³/mol. The van der Waals surface area contributed by atoms with Crippen LogP contribution in [-0.4, -0.2) is 34.1 Å². The van der Waals surface area contributed by atoms with Crippen molar-refractivity contribution >= 4 is 17.5 Å². The van der Waals surface area contributed by atoms with Crippen LogP contribution in [0, 0.1) is 0 Å². The van der Waals surface area contributed by atoms with Gasteiger partial charge in [0.1, 0.15) is 11.5 Å². The number of methoxy groups -OCH3 is 2. The van der Waals surface area contributed by atoms with Crippen molar-refractivity contribution in [2.75, 3.05) is 33.2 Å². The summed E-state index contributed by atoms with van der Waals surface area (Å²) in [4.78, 5) is 14.3. The summed E-state index contributed by atoms with van der Waals surface area (Å²) in [6, 6.07) is 13.0. The summed E-state index contributed by atoms with van der Waals surface area (Å²) in [6.07, 6.45) is 3.25. The number of carbonyl (C=O) groups excluding carboxylic acids is 1. The standard InChI is InChI=1S/C19H21NO3/c1-20(2)15-10-8-14(9-11-15)17(21)13-12-16-18(22-3)6-5-7-19(16)23-4/h5-13H,1-4H3. The number of allylic oxidation sites excluding steroid dienone is 1. The number of ketones is 1. The molecule has 0 aliphatic heterocycles. The normalized spacial score (nSPS) is 10.6. The number of hydrogen-bond acceptors (Lipinski definition) is 4. The fourth-order valence-electron chi connectivity index (χ4n) is 2.22. The van der Waals surface area contributed by atoms with E-state index in [4.69, 9.17) is 9.47 Å². The summed E-state index contributed by atoms with van der Waals surface area (Å²) in [6.45, 7) is 0. The lowest BCUT2D eigenvalue weighted by Crippen LogP contribution is -2.08. The van der Waals surface area contributed by atoms with Gasteiger partial charge in [-0.15, -0.1) is 0 Å². The van der Waals surface area contributed by atoms with Crippen LogP contribution in [0.15, 0.2) is 48.5 Å². The molecule has 4 heteroatoms. The van der Waals surface area contributed by atoms with Crippen LogP contribution in [0.25, 0.3) is 6.08 Å². The van der Waals surface area contributed by atoms with Gasteiger partial charge >= 0.3 is 0 Å². The quantitative estimate of drug-likeness (QED) is 0.603. The summed E-state index contributed by atoms with van der Waals surface area (Å²) in [5.74, 6) is 1.26. The predicted octanol–water partition coefficient (Wildman–Crippen LogP) is 3.67. The maximum atomic E-state index is 12.3. The summed E-state index contributed by atoms with van der Waals surface area (Å²) in [7, 11) is 7.11. The van der Waals surface area contributed by atoms with Crippen LogP contribution in [0.1, 0.15) is 15.9 Å². The monoisotopic (exact) mass is 311 g/mol. The van der Waals surface area contributed by atoms with E-state index in [9.17, 15) is 4.79 Å². The molecular weight excluding hydrogens is 290 g/mol. The van der Waals surface area contributed by atoms with Crippen LogP contribution < -0.4 is 14.4 Å². The zero-order chi connectivity index (χ0) is 16.8. The SMILES string of the molecule is COc1cccc(OC)c1C=CC(=O)c1ccc(N(C)C)cc1. The molecule has 0 amide bonds. The lowest BCUT2D eigenvalue weighted by molar-refractivity contribution is 0.104. The third-order valence-electron chi connectivity index (χ3n) is 3.54. The molecule has 0 aromatic heterocycles. The van der Waals surface area contributed by atoms with E-state index in [0.29, 0.717) is 17.1 Å². The van der Waals surface area contributed by atoms with Crippen LogP contribution in [0.3, 0.4) is 0 Å². The van der Waals surface area contributed by atoms with Crippen LogP contribution in [0.2, 0.25) is 0 Å². The number of hydrogen-bond donors (Lipinski definition) is 0. The molecule has 0 saturated heterocycles. The third-order valence-corrected chi connectivity index (χ3v) is 3.54. The summed E-state index contributed by atoms with van der Waals surface area (Å²) >= 11 is 0.